The van der Waals surface area contributed by atoms with Crippen LogP contribution in [0.15, 0.2) is 53.5 Å². The van der Waals surface area contributed by atoms with Crippen LogP contribution in [0.5, 0.6) is 0 Å². The van der Waals surface area contributed by atoms with Gasteiger partial charge in [-0.3, -0.25) is 9.59 Å². The fourth-order valence-corrected chi connectivity index (χ4v) is 2.46. The van der Waals surface area contributed by atoms with Gasteiger partial charge < -0.3 is 9.88 Å². The Kier molecular flexibility index (Phi) is 3.14. The predicted octanol–water partition coefficient (Wildman–Crippen LogP) is 2.13. The lowest BCUT2D eigenvalue weighted by Crippen LogP contribution is -2.19. The molecular formula is C16H16N2O2. The van der Waals surface area contributed by atoms with Gasteiger partial charge in [0.1, 0.15) is 0 Å². The molecule has 0 bridgehead atoms. The number of hydrogen-bond donors (Lipinski definition) is 1. The van der Waals surface area contributed by atoms with Crippen molar-refractivity contribution in [2.45, 2.75) is 12.3 Å². The Bertz CT molecular complexity index is 691. The van der Waals surface area contributed by atoms with E-state index < -0.39 is 0 Å². The number of benzene rings is 1. The Labute approximate surface area is 117 Å². The standard InChI is InChI=1S/C16H16N2O2/c1-18-10-12(7-8-15(18)19)17-16(20)14-9-13(14)11-5-3-2-4-6-11/h2-8,10,13-14H,9H2,1H3,(H,17,20). The van der Waals surface area contributed by atoms with Gasteiger partial charge in [-0.15, -0.1) is 0 Å². The number of hydrogen-bond acceptors (Lipinski definition) is 2. The third-order valence-electron chi connectivity index (χ3n) is 3.71. The molecule has 1 aromatic heterocycles. The fourth-order valence-electron chi connectivity index (χ4n) is 2.46. The molecule has 0 aliphatic heterocycles. The molecule has 1 amide bonds. The first-order valence-corrected chi connectivity index (χ1v) is 6.67. The van der Waals surface area contributed by atoms with Gasteiger partial charge in [-0.05, 0) is 24.0 Å². The molecule has 1 aliphatic carbocycles. The van der Waals surface area contributed by atoms with Crippen LogP contribution < -0.4 is 10.9 Å². The van der Waals surface area contributed by atoms with Gasteiger partial charge in [-0.25, -0.2) is 0 Å². The molecule has 0 saturated heterocycles. The van der Waals surface area contributed by atoms with Crippen LogP contribution in [0.3, 0.4) is 0 Å². The quantitative estimate of drug-likeness (QED) is 0.927. The van der Waals surface area contributed by atoms with Crippen molar-refractivity contribution in [1.82, 2.24) is 4.57 Å². The van der Waals surface area contributed by atoms with Crippen molar-refractivity contribution < 1.29 is 4.79 Å². The normalized spacial score (nSPS) is 20.4. The van der Waals surface area contributed by atoms with Crippen molar-refractivity contribution in [3.8, 4) is 0 Å². The summed E-state index contributed by atoms with van der Waals surface area (Å²) in [6, 6.07) is 13.2. The van der Waals surface area contributed by atoms with Gasteiger partial charge in [0.05, 0.1) is 5.69 Å². The SMILES string of the molecule is Cn1cc(NC(=O)C2CC2c2ccccc2)ccc1=O. The molecule has 0 spiro atoms. The third-order valence-corrected chi connectivity index (χ3v) is 3.71. The first-order chi connectivity index (χ1) is 9.65. The van der Waals surface area contributed by atoms with Gasteiger partial charge in [0.25, 0.3) is 0 Å². The van der Waals surface area contributed by atoms with E-state index in [4.69, 9.17) is 0 Å². The minimum atomic E-state index is -0.0865. The second-order valence-electron chi connectivity index (χ2n) is 5.22. The molecule has 1 fully saturated rings. The van der Waals surface area contributed by atoms with Crippen LogP contribution in [-0.2, 0) is 11.8 Å². The average Bonchev–Trinajstić information content (AvgIpc) is 3.24. The minimum Gasteiger partial charge on any atom is -0.325 e. The van der Waals surface area contributed by atoms with E-state index in [0.29, 0.717) is 11.6 Å². The summed E-state index contributed by atoms with van der Waals surface area (Å²) >= 11 is 0. The van der Waals surface area contributed by atoms with E-state index >= 15 is 0 Å². The molecule has 102 valence electrons. The molecule has 3 rings (SSSR count). The van der Waals surface area contributed by atoms with E-state index in [1.807, 2.05) is 18.2 Å². The molecule has 2 aromatic rings. The molecular weight excluding hydrogens is 252 g/mol. The van der Waals surface area contributed by atoms with Crippen molar-refractivity contribution in [1.29, 1.82) is 0 Å². The molecule has 0 radical (unpaired) electrons. The molecule has 20 heavy (non-hydrogen) atoms. The first kappa shape index (κ1) is 12.7. The number of carbonyl (C=O) groups excluding carboxylic acids is 1. The summed E-state index contributed by atoms with van der Waals surface area (Å²) in [4.78, 5) is 23.4. The van der Waals surface area contributed by atoms with Gasteiger partial charge in [-0.1, -0.05) is 30.3 Å². The maximum atomic E-state index is 12.2. The molecule has 1 heterocycles. The number of aromatic nitrogens is 1. The van der Waals surface area contributed by atoms with Crippen molar-refractivity contribution in [2.75, 3.05) is 5.32 Å². The number of rotatable bonds is 3. The Hall–Kier alpha value is -2.36. The van der Waals surface area contributed by atoms with E-state index in [2.05, 4.69) is 17.4 Å². The molecule has 1 N–H and O–H groups in total. The average molecular weight is 268 g/mol. The lowest BCUT2D eigenvalue weighted by Gasteiger charge is -2.06. The van der Waals surface area contributed by atoms with E-state index in [0.717, 1.165) is 6.42 Å². The van der Waals surface area contributed by atoms with Gasteiger partial charge >= 0.3 is 0 Å². The summed E-state index contributed by atoms with van der Waals surface area (Å²) in [5, 5.41) is 2.87. The topological polar surface area (TPSA) is 51.1 Å². The van der Waals surface area contributed by atoms with Crippen LogP contribution in [0, 0.1) is 5.92 Å². The first-order valence-electron chi connectivity index (χ1n) is 6.67. The molecule has 2 atom stereocenters. The minimum absolute atomic E-state index is 0.0255. The highest BCUT2D eigenvalue weighted by atomic mass is 16.2. The molecule has 1 saturated carbocycles. The van der Waals surface area contributed by atoms with Crippen LogP contribution in [0.4, 0.5) is 5.69 Å². The zero-order valence-corrected chi connectivity index (χ0v) is 11.2. The van der Waals surface area contributed by atoms with Crippen LogP contribution in [-0.4, -0.2) is 10.5 Å². The summed E-state index contributed by atoms with van der Waals surface area (Å²) in [5.74, 6) is 0.385. The predicted molar refractivity (Wildman–Crippen MR) is 77.6 cm³/mol. The van der Waals surface area contributed by atoms with Crippen molar-refractivity contribution in [2.24, 2.45) is 13.0 Å². The highest BCUT2D eigenvalue weighted by Crippen LogP contribution is 2.47. The maximum absolute atomic E-state index is 12.2. The molecule has 1 aliphatic rings. The number of pyridine rings is 1. The van der Waals surface area contributed by atoms with Gasteiger partial charge in [-0.2, -0.15) is 0 Å². The van der Waals surface area contributed by atoms with Crippen molar-refractivity contribution in [3.05, 3.63) is 64.6 Å². The Morgan fingerprint density at radius 2 is 1.95 bits per heavy atom. The lowest BCUT2D eigenvalue weighted by molar-refractivity contribution is -0.117. The highest BCUT2D eigenvalue weighted by Gasteiger charge is 2.43. The monoisotopic (exact) mass is 268 g/mol. The second kappa shape index (κ2) is 4.96. The number of nitrogens with one attached hydrogen (secondary N) is 1. The third kappa shape index (κ3) is 2.50. The van der Waals surface area contributed by atoms with E-state index in [1.54, 1.807) is 19.3 Å². The molecule has 4 nitrogen and oxygen atoms in total. The zero-order valence-electron chi connectivity index (χ0n) is 11.2. The highest BCUT2D eigenvalue weighted by molar-refractivity contribution is 5.95. The number of carbonyl (C=O) groups is 1. The van der Waals surface area contributed by atoms with Crippen LogP contribution in [0.1, 0.15) is 17.9 Å². The number of anilines is 1. The smallest absolute Gasteiger partial charge is 0.250 e. The molecule has 1 aromatic carbocycles. The summed E-state index contributed by atoms with van der Waals surface area (Å²) in [7, 11) is 1.67. The largest absolute Gasteiger partial charge is 0.325 e. The number of nitrogens with zero attached hydrogens (tertiary/aromatic N) is 1. The van der Waals surface area contributed by atoms with Gasteiger partial charge in [0, 0.05) is 25.2 Å². The lowest BCUT2D eigenvalue weighted by atomic mass is 10.1. The Morgan fingerprint density at radius 3 is 2.65 bits per heavy atom. The fraction of sp³-hybridized carbons (Fsp3) is 0.250. The second-order valence-corrected chi connectivity index (χ2v) is 5.22. The number of amides is 1. The summed E-state index contributed by atoms with van der Waals surface area (Å²) < 4.78 is 1.46. The van der Waals surface area contributed by atoms with Crippen molar-refractivity contribution in [3.63, 3.8) is 0 Å². The Morgan fingerprint density at radius 1 is 1.20 bits per heavy atom. The van der Waals surface area contributed by atoms with Gasteiger partial charge in [0.2, 0.25) is 11.5 Å². The van der Waals surface area contributed by atoms with E-state index in [9.17, 15) is 9.59 Å². The Balaban J connectivity index is 1.67. The van der Waals surface area contributed by atoms with Crippen molar-refractivity contribution >= 4 is 11.6 Å². The molecule has 2 unspecified atom stereocenters. The summed E-state index contributed by atoms with van der Waals surface area (Å²) in [6.45, 7) is 0. The zero-order chi connectivity index (χ0) is 14.1. The summed E-state index contributed by atoms with van der Waals surface area (Å²) in [6.07, 6.45) is 2.53. The number of aryl methyl sites for hydroxylation is 1. The van der Waals surface area contributed by atoms with Crippen LogP contribution >= 0.6 is 0 Å². The van der Waals surface area contributed by atoms with Crippen LogP contribution in [0.25, 0.3) is 0 Å². The summed E-state index contributed by atoms with van der Waals surface area (Å²) in [5.41, 5.74) is 1.79. The van der Waals surface area contributed by atoms with Gasteiger partial charge in [0.15, 0.2) is 0 Å². The maximum Gasteiger partial charge on any atom is 0.250 e. The van der Waals surface area contributed by atoms with E-state index in [1.165, 1.54) is 16.2 Å². The molecule has 4 heteroatoms. The van der Waals surface area contributed by atoms with E-state index in [-0.39, 0.29) is 17.4 Å². The van der Waals surface area contributed by atoms with Crippen LogP contribution in [0.2, 0.25) is 0 Å².